The molecule has 0 saturated heterocycles. The van der Waals surface area contributed by atoms with E-state index < -0.39 is 12.1 Å². The van der Waals surface area contributed by atoms with E-state index in [1.807, 2.05) is 13.0 Å². The first-order chi connectivity index (χ1) is 13.5. The monoisotopic (exact) mass is 403 g/mol. The molecular weight excluding hydrogens is 382 g/mol. The topological polar surface area (TPSA) is 73.9 Å². The molecule has 1 aliphatic carbocycles. The standard InChI is InChI=1S/C21H22ClNO5/c1-3-27-19-16(22)11-14(12-17(19)26-2)21(25)28-18(13-7-5-4-6-8-13)20(24)23-15-9-10-15/h4-8,11-12,15,18H,3,9-10H2,1-2H3,(H,23,24)/t18-/m1/s1. The quantitative estimate of drug-likeness (QED) is 0.676. The Hall–Kier alpha value is -2.73. The molecule has 0 bridgehead atoms. The zero-order valence-electron chi connectivity index (χ0n) is 15.7. The molecule has 0 unspecified atom stereocenters. The highest BCUT2D eigenvalue weighted by Gasteiger charge is 2.31. The third kappa shape index (κ3) is 4.75. The number of esters is 1. The highest BCUT2D eigenvalue weighted by atomic mass is 35.5. The number of halogens is 1. The minimum Gasteiger partial charge on any atom is -0.493 e. The zero-order valence-corrected chi connectivity index (χ0v) is 16.5. The molecule has 1 atom stereocenters. The van der Waals surface area contributed by atoms with Crippen molar-refractivity contribution in [2.45, 2.75) is 31.9 Å². The van der Waals surface area contributed by atoms with Crippen LogP contribution in [0.2, 0.25) is 5.02 Å². The van der Waals surface area contributed by atoms with E-state index in [0.29, 0.717) is 23.7 Å². The summed E-state index contributed by atoms with van der Waals surface area (Å²) >= 11 is 6.24. The van der Waals surface area contributed by atoms with Crippen molar-refractivity contribution in [3.05, 3.63) is 58.6 Å². The predicted molar refractivity (Wildman–Crippen MR) is 105 cm³/mol. The Morgan fingerprint density at radius 2 is 1.93 bits per heavy atom. The van der Waals surface area contributed by atoms with Gasteiger partial charge in [-0.05, 0) is 31.9 Å². The SMILES string of the molecule is CCOc1c(Cl)cc(C(=O)O[C@@H](C(=O)NC2CC2)c2ccccc2)cc1OC. The fourth-order valence-electron chi connectivity index (χ4n) is 2.70. The molecule has 28 heavy (non-hydrogen) atoms. The van der Waals surface area contributed by atoms with Gasteiger partial charge in [-0.3, -0.25) is 4.79 Å². The van der Waals surface area contributed by atoms with Crippen molar-refractivity contribution in [3.8, 4) is 11.5 Å². The highest BCUT2D eigenvalue weighted by Crippen LogP contribution is 2.37. The van der Waals surface area contributed by atoms with Crippen LogP contribution in [0.1, 0.15) is 41.8 Å². The Balaban J connectivity index is 1.85. The van der Waals surface area contributed by atoms with E-state index in [9.17, 15) is 9.59 Å². The van der Waals surface area contributed by atoms with Gasteiger partial charge in [0.15, 0.2) is 11.5 Å². The molecule has 6 nitrogen and oxygen atoms in total. The fraction of sp³-hybridized carbons (Fsp3) is 0.333. The van der Waals surface area contributed by atoms with Crippen molar-refractivity contribution in [1.29, 1.82) is 0 Å². The van der Waals surface area contributed by atoms with Gasteiger partial charge in [-0.1, -0.05) is 41.9 Å². The third-order valence-corrected chi connectivity index (χ3v) is 4.52. The van der Waals surface area contributed by atoms with Crippen molar-refractivity contribution in [3.63, 3.8) is 0 Å². The summed E-state index contributed by atoms with van der Waals surface area (Å²) in [6, 6.07) is 12.0. The Kier molecular flexibility index (Phi) is 6.41. The fourth-order valence-corrected chi connectivity index (χ4v) is 2.97. The minimum absolute atomic E-state index is 0.150. The van der Waals surface area contributed by atoms with E-state index >= 15 is 0 Å². The number of methoxy groups -OCH3 is 1. The first-order valence-electron chi connectivity index (χ1n) is 9.10. The molecule has 2 aromatic carbocycles. The maximum atomic E-state index is 12.8. The largest absolute Gasteiger partial charge is 0.493 e. The van der Waals surface area contributed by atoms with Crippen molar-refractivity contribution < 1.29 is 23.8 Å². The van der Waals surface area contributed by atoms with E-state index in [0.717, 1.165) is 12.8 Å². The normalized spacial score (nSPS) is 14.1. The van der Waals surface area contributed by atoms with Gasteiger partial charge in [0, 0.05) is 11.6 Å². The Labute approximate surface area is 168 Å². The third-order valence-electron chi connectivity index (χ3n) is 4.24. The van der Waals surface area contributed by atoms with E-state index in [-0.39, 0.29) is 22.5 Å². The predicted octanol–water partition coefficient (Wildman–Crippen LogP) is 3.92. The van der Waals surface area contributed by atoms with Crippen LogP contribution in [0.15, 0.2) is 42.5 Å². The van der Waals surface area contributed by atoms with Crippen LogP contribution in [0, 0.1) is 0 Å². The number of nitrogens with one attached hydrogen (secondary N) is 1. The van der Waals surface area contributed by atoms with Gasteiger partial charge in [0.2, 0.25) is 6.10 Å². The number of hydrogen-bond donors (Lipinski definition) is 1. The molecule has 2 aromatic rings. The van der Waals surface area contributed by atoms with Gasteiger partial charge < -0.3 is 19.5 Å². The van der Waals surface area contributed by atoms with Crippen molar-refractivity contribution >= 4 is 23.5 Å². The summed E-state index contributed by atoms with van der Waals surface area (Å²) < 4.78 is 16.3. The lowest BCUT2D eigenvalue weighted by Gasteiger charge is -2.19. The molecule has 1 aliphatic rings. The molecule has 0 radical (unpaired) electrons. The van der Waals surface area contributed by atoms with E-state index in [4.69, 9.17) is 25.8 Å². The maximum Gasteiger partial charge on any atom is 0.339 e. The van der Waals surface area contributed by atoms with Gasteiger partial charge in [-0.15, -0.1) is 0 Å². The molecule has 0 heterocycles. The maximum absolute atomic E-state index is 12.8. The van der Waals surface area contributed by atoms with Gasteiger partial charge in [0.05, 0.1) is 24.3 Å². The van der Waals surface area contributed by atoms with E-state index in [1.165, 1.54) is 19.2 Å². The van der Waals surface area contributed by atoms with Gasteiger partial charge in [0.25, 0.3) is 5.91 Å². The molecule has 0 aromatic heterocycles. The van der Waals surface area contributed by atoms with Crippen LogP contribution in [0.25, 0.3) is 0 Å². The molecule has 1 N–H and O–H groups in total. The van der Waals surface area contributed by atoms with Crippen molar-refractivity contribution in [1.82, 2.24) is 5.32 Å². The van der Waals surface area contributed by atoms with Gasteiger partial charge in [0.1, 0.15) is 0 Å². The summed E-state index contributed by atoms with van der Waals surface area (Å²) in [5.41, 5.74) is 0.767. The first-order valence-corrected chi connectivity index (χ1v) is 9.48. The highest BCUT2D eigenvalue weighted by molar-refractivity contribution is 6.32. The van der Waals surface area contributed by atoms with Crippen LogP contribution in [0.5, 0.6) is 11.5 Å². The number of amides is 1. The van der Waals surface area contributed by atoms with Crippen molar-refractivity contribution in [2.75, 3.05) is 13.7 Å². The van der Waals surface area contributed by atoms with Gasteiger partial charge in [-0.2, -0.15) is 0 Å². The van der Waals surface area contributed by atoms with Crippen LogP contribution in [0.3, 0.4) is 0 Å². The molecule has 7 heteroatoms. The Morgan fingerprint density at radius 3 is 2.54 bits per heavy atom. The second-order valence-electron chi connectivity index (χ2n) is 6.40. The lowest BCUT2D eigenvalue weighted by atomic mass is 10.1. The molecule has 1 amide bonds. The Morgan fingerprint density at radius 1 is 1.21 bits per heavy atom. The van der Waals surface area contributed by atoms with Gasteiger partial charge in [-0.25, -0.2) is 4.79 Å². The van der Waals surface area contributed by atoms with Crippen LogP contribution < -0.4 is 14.8 Å². The molecule has 0 aliphatic heterocycles. The number of benzene rings is 2. The van der Waals surface area contributed by atoms with E-state index in [1.54, 1.807) is 24.3 Å². The molecule has 3 rings (SSSR count). The molecule has 0 spiro atoms. The van der Waals surface area contributed by atoms with Crippen LogP contribution >= 0.6 is 11.6 Å². The van der Waals surface area contributed by atoms with Crippen LogP contribution in [-0.2, 0) is 9.53 Å². The lowest BCUT2D eigenvalue weighted by molar-refractivity contribution is -0.130. The van der Waals surface area contributed by atoms with Crippen molar-refractivity contribution in [2.24, 2.45) is 0 Å². The first kappa shape index (κ1) is 20.0. The minimum atomic E-state index is -1.05. The molecule has 1 fully saturated rings. The molecule has 148 valence electrons. The van der Waals surface area contributed by atoms with Crippen LogP contribution in [0.4, 0.5) is 0 Å². The van der Waals surface area contributed by atoms with E-state index in [2.05, 4.69) is 5.32 Å². The van der Waals surface area contributed by atoms with Crippen LogP contribution in [-0.4, -0.2) is 31.6 Å². The molecular formula is C21H22ClNO5. The average Bonchev–Trinajstić information content (AvgIpc) is 3.51. The summed E-state index contributed by atoms with van der Waals surface area (Å²) in [6.07, 6.45) is 0.824. The summed E-state index contributed by atoms with van der Waals surface area (Å²) in [5, 5.41) is 3.11. The Bertz CT molecular complexity index is 851. The van der Waals surface area contributed by atoms with Gasteiger partial charge >= 0.3 is 5.97 Å². The summed E-state index contributed by atoms with van der Waals surface area (Å²) in [4.78, 5) is 25.4. The zero-order chi connectivity index (χ0) is 20.1. The lowest BCUT2D eigenvalue weighted by Crippen LogP contribution is -2.33. The number of carbonyl (C=O) groups is 2. The number of rotatable bonds is 8. The summed E-state index contributed by atoms with van der Waals surface area (Å²) in [6.45, 7) is 2.22. The summed E-state index contributed by atoms with van der Waals surface area (Å²) in [7, 11) is 1.46. The second kappa shape index (κ2) is 8.97. The smallest absolute Gasteiger partial charge is 0.339 e. The number of hydrogen-bond acceptors (Lipinski definition) is 5. The number of carbonyl (C=O) groups excluding carboxylic acids is 2. The summed E-state index contributed by atoms with van der Waals surface area (Å²) in [5.74, 6) is -0.344. The molecule has 1 saturated carbocycles. The number of ether oxygens (including phenoxy) is 3. The second-order valence-corrected chi connectivity index (χ2v) is 6.81. The average molecular weight is 404 g/mol.